The van der Waals surface area contributed by atoms with E-state index in [4.69, 9.17) is 4.74 Å². The molecule has 0 unspecified atom stereocenters. The maximum atomic E-state index is 12.3. The fraction of sp³-hybridized carbons (Fsp3) is 0.190. The SMILES string of the molecule is CCOc1nc(C)c(Cc2ccc(-c3ccccc3C#N)cc2)c(=O)[nH]1. The van der Waals surface area contributed by atoms with Crippen molar-refractivity contribution >= 4 is 0 Å². The van der Waals surface area contributed by atoms with Gasteiger partial charge in [0.25, 0.3) is 11.6 Å². The van der Waals surface area contributed by atoms with Crippen molar-refractivity contribution in [3.63, 3.8) is 0 Å². The lowest BCUT2D eigenvalue weighted by Gasteiger charge is -2.09. The molecule has 0 spiro atoms. The van der Waals surface area contributed by atoms with Gasteiger partial charge < -0.3 is 4.74 Å². The first-order valence-corrected chi connectivity index (χ1v) is 8.43. The smallest absolute Gasteiger partial charge is 0.296 e. The molecule has 1 aromatic heterocycles. The van der Waals surface area contributed by atoms with Gasteiger partial charge in [0, 0.05) is 12.0 Å². The first-order valence-electron chi connectivity index (χ1n) is 8.43. The van der Waals surface area contributed by atoms with Crippen LogP contribution in [0.15, 0.2) is 53.3 Å². The van der Waals surface area contributed by atoms with Gasteiger partial charge in [0.1, 0.15) is 0 Å². The molecule has 0 aliphatic rings. The minimum absolute atomic E-state index is 0.181. The number of aromatic nitrogens is 2. The van der Waals surface area contributed by atoms with Crippen LogP contribution in [0.4, 0.5) is 0 Å². The minimum atomic E-state index is -0.181. The predicted octanol–water partition coefficient (Wildman–Crippen LogP) is 3.61. The molecular formula is C21H19N3O2. The molecule has 0 radical (unpaired) electrons. The van der Waals surface area contributed by atoms with Gasteiger partial charge in [-0.3, -0.25) is 9.78 Å². The summed E-state index contributed by atoms with van der Waals surface area (Å²) < 4.78 is 5.27. The number of hydrogen-bond donors (Lipinski definition) is 1. The van der Waals surface area contributed by atoms with Crippen molar-refractivity contribution in [2.24, 2.45) is 0 Å². The molecule has 0 bridgehead atoms. The number of aromatic amines is 1. The molecule has 1 heterocycles. The number of ether oxygens (including phenoxy) is 1. The first-order chi connectivity index (χ1) is 12.6. The summed E-state index contributed by atoms with van der Waals surface area (Å²) in [7, 11) is 0. The van der Waals surface area contributed by atoms with Crippen molar-refractivity contribution in [1.82, 2.24) is 9.97 Å². The average molecular weight is 345 g/mol. The summed E-state index contributed by atoms with van der Waals surface area (Å²) >= 11 is 0. The summed E-state index contributed by atoms with van der Waals surface area (Å²) in [5.41, 5.74) is 4.63. The molecule has 0 saturated carbocycles. The number of aryl methyl sites for hydroxylation is 1. The van der Waals surface area contributed by atoms with E-state index in [1.165, 1.54) is 0 Å². The fourth-order valence-corrected chi connectivity index (χ4v) is 2.84. The lowest BCUT2D eigenvalue weighted by atomic mass is 9.97. The summed E-state index contributed by atoms with van der Waals surface area (Å²) in [6, 6.07) is 17.8. The minimum Gasteiger partial charge on any atom is -0.465 e. The lowest BCUT2D eigenvalue weighted by molar-refractivity contribution is 0.310. The summed E-state index contributed by atoms with van der Waals surface area (Å²) in [5.74, 6) is 0. The zero-order valence-corrected chi connectivity index (χ0v) is 14.7. The van der Waals surface area contributed by atoms with Crippen LogP contribution in [-0.4, -0.2) is 16.6 Å². The molecule has 2 aromatic carbocycles. The predicted molar refractivity (Wildman–Crippen MR) is 100 cm³/mol. The maximum Gasteiger partial charge on any atom is 0.296 e. The number of rotatable bonds is 5. The lowest BCUT2D eigenvalue weighted by Crippen LogP contribution is -2.18. The van der Waals surface area contributed by atoms with Gasteiger partial charge in [0.05, 0.1) is 23.9 Å². The van der Waals surface area contributed by atoms with E-state index in [0.29, 0.717) is 29.8 Å². The molecule has 0 saturated heterocycles. The second kappa shape index (κ2) is 7.66. The highest BCUT2D eigenvalue weighted by Crippen LogP contribution is 2.24. The first kappa shape index (κ1) is 17.4. The van der Waals surface area contributed by atoms with Gasteiger partial charge in [-0.15, -0.1) is 0 Å². The van der Waals surface area contributed by atoms with Crippen LogP contribution in [0.3, 0.4) is 0 Å². The van der Waals surface area contributed by atoms with Gasteiger partial charge in [0.2, 0.25) is 0 Å². The molecule has 1 N–H and O–H groups in total. The van der Waals surface area contributed by atoms with E-state index in [0.717, 1.165) is 16.7 Å². The highest BCUT2D eigenvalue weighted by molar-refractivity contribution is 5.70. The van der Waals surface area contributed by atoms with Gasteiger partial charge >= 0.3 is 0 Å². The van der Waals surface area contributed by atoms with Crippen LogP contribution in [0.25, 0.3) is 11.1 Å². The number of hydrogen-bond acceptors (Lipinski definition) is 4. The zero-order valence-electron chi connectivity index (χ0n) is 14.7. The second-order valence-electron chi connectivity index (χ2n) is 5.90. The van der Waals surface area contributed by atoms with E-state index in [-0.39, 0.29) is 11.6 Å². The summed E-state index contributed by atoms with van der Waals surface area (Å²) in [6.45, 7) is 4.10. The van der Waals surface area contributed by atoms with Crippen molar-refractivity contribution in [2.75, 3.05) is 6.61 Å². The molecule has 0 aliphatic heterocycles. The van der Waals surface area contributed by atoms with Crippen molar-refractivity contribution in [2.45, 2.75) is 20.3 Å². The fourth-order valence-electron chi connectivity index (χ4n) is 2.84. The number of nitrogens with one attached hydrogen (secondary N) is 1. The highest BCUT2D eigenvalue weighted by Gasteiger charge is 2.10. The van der Waals surface area contributed by atoms with Crippen LogP contribution < -0.4 is 10.3 Å². The molecule has 5 heteroatoms. The quantitative estimate of drug-likeness (QED) is 0.766. The van der Waals surface area contributed by atoms with Crippen LogP contribution in [0.5, 0.6) is 6.01 Å². The summed E-state index contributed by atoms with van der Waals surface area (Å²) in [5, 5.41) is 9.25. The van der Waals surface area contributed by atoms with Crippen LogP contribution in [0.2, 0.25) is 0 Å². The Kier molecular flexibility index (Phi) is 5.14. The van der Waals surface area contributed by atoms with Gasteiger partial charge in [-0.1, -0.05) is 42.5 Å². The van der Waals surface area contributed by atoms with Gasteiger partial charge in [-0.2, -0.15) is 5.26 Å². The Hall–Kier alpha value is -3.39. The Morgan fingerprint density at radius 3 is 2.54 bits per heavy atom. The van der Waals surface area contributed by atoms with E-state index in [1.54, 1.807) is 6.07 Å². The second-order valence-corrected chi connectivity index (χ2v) is 5.90. The number of H-pyrrole nitrogens is 1. The molecule has 0 aliphatic carbocycles. The maximum absolute atomic E-state index is 12.3. The zero-order chi connectivity index (χ0) is 18.5. The van der Waals surface area contributed by atoms with Crippen LogP contribution in [0, 0.1) is 18.3 Å². The molecule has 0 fully saturated rings. The van der Waals surface area contributed by atoms with Gasteiger partial charge in [-0.05, 0) is 36.6 Å². The summed E-state index contributed by atoms with van der Waals surface area (Å²) in [6.07, 6.45) is 0.487. The Labute approximate surface area is 151 Å². The van der Waals surface area contributed by atoms with E-state index in [1.807, 2.05) is 56.3 Å². The van der Waals surface area contributed by atoms with Crippen molar-refractivity contribution in [3.8, 4) is 23.2 Å². The summed E-state index contributed by atoms with van der Waals surface area (Å²) in [4.78, 5) is 19.3. The topological polar surface area (TPSA) is 78.8 Å². The van der Waals surface area contributed by atoms with E-state index in [9.17, 15) is 10.1 Å². The van der Waals surface area contributed by atoms with Crippen LogP contribution in [-0.2, 0) is 6.42 Å². The number of nitriles is 1. The molecule has 0 amide bonds. The molecule has 5 nitrogen and oxygen atoms in total. The third-order valence-electron chi connectivity index (χ3n) is 4.17. The standard InChI is InChI=1S/C21H19N3O2/c1-3-26-21-23-14(2)19(20(25)24-21)12-15-8-10-16(11-9-15)18-7-5-4-6-17(18)13-22/h4-11H,3,12H2,1-2H3,(H,23,24,25). The van der Waals surface area contributed by atoms with Crippen LogP contribution in [0.1, 0.15) is 29.3 Å². The third-order valence-corrected chi connectivity index (χ3v) is 4.17. The van der Waals surface area contributed by atoms with Crippen LogP contribution >= 0.6 is 0 Å². The molecule has 26 heavy (non-hydrogen) atoms. The molecule has 3 rings (SSSR count). The third kappa shape index (κ3) is 3.65. The van der Waals surface area contributed by atoms with Crippen molar-refractivity contribution in [1.29, 1.82) is 5.26 Å². The monoisotopic (exact) mass is 345 g/mol. The van der Waals surface area contributed by atoms with E-state index in [2.05, 4.69) is 16.0 Å². The average Bonchev–Trinajstić information content (AvgIpc) is 2.65. The van der Waals surface area contributed by atoms with Gasteiger partial charge in [-0.25, -0.2) is 4.98 Å². The number of nitrogens with zero attached hydrogens (tertiary/aromatic N) is 2. The Morgan fingerprint density at radius 2 is 1.88 bits per heavy atom. The Balaban J connectivity index is 1.87. The highest BCUT2D eigenvalue weighted by atomic mass is 16.5. The molecule has 0 atom stereocenters. The largest absolute Gasteiger partial charge is 0.465 e. The Morgan fingerprint density at radius 1 is 1.15 bits per heavy atom. The molecule has 3 aromatic rings. The number of benzene rings is 2. The van der Waals surface area contributed by atoms with Crippen molar-refractivity contribution < 1.29 is 4.74 Å². The van der Waals surface area contributed by atoms with E-state index >= 15 is 0 Å². The van der Waals surface area contributed by atoms with E-state index < -0.39 is 0 Å². The van der Waals surface area contributed by atoms with Crippen molar-refractivity contribution in [3.05, 3.63) is 81.3 Å². The molecular weight excluding hydrogens is 326 g/mol. The van der Waals surface area contributed by atoms with Gasteiger partial charge in [0.15, 0.2) is 0 Å². The molecule has 130 valence electrons. The Bertz CT molecular complexity index is 1010. The normalized spacial score (nSPS) is 10.3.